The predicted molar refractivity (Wildman–Crippen MR) is 128 cm³/mol. The molecule has 2 atom stereocenters. The molecule has 36 heavy (non-hydrogen) atoms. The highest BCUT2D eigenvalue weighted by atomic mass is 16.6. The Morgan fingerprint density at radius 2 is 2.11 bits per heavy atom. The van der Waals surface area contributed by atoms with Gasteiger partial charge in [0.1, 0.15) is 23.4 Å². The van der Waals surface area contributed by atoms with E-state index in [-0.39, 0.29) is 40.7 Å². The summed E-state index contributed by atoms with van der Waals surface area (Å²) in [6.07, 6.45) is 6.80. The fourth-order valence-electron chi connectivity index (χ4n) is 5.30. The number of amides is 2. The van der Waals surface area contributed by atoms with Crippen molar-refractivity contribution >= 4 is 24.1 Å². The number of carbonyl (C=O) groups excluding carboxylic acids is 3. The fourth-order valence-corrected chi connectivity index (χ4v) is 5.30. The summed E-state index contributed by atoms with van der Waals surface area (Å²) in [7, 11) is 1.41. The van der Waals surface area contributed by atoms with Gasteiger partial charge < -0.3 is 29.5 Å². The van der Waals surface area contributed by atoms with Crippen molar-refractivity contribution in [1.29, 1.82) is 0 Å². The number of aldehydes is 1. The van der Waals surface area contributed by atoms with Crippen LogP contribution in [0, 0.1) is 0 Å². The van der Waals surface area contributed by atoms with Crippen molar-refractivity contribution in [2.75, 3.05) is 25.6 Å². The molecule has 3 N–H and O–H groups in total. The molecule has 5 rings (SSSR count). The number of ether oxygens (including phenoxy) is 3. The Kier molecular flexibility index (Phi) is 6.46. The number of carbonyl (C=O) groups is 3. The number of nitrogens with zero attached hydrogens (tertiary/aromatic N) is 2. The Labute approximate surface area is 208 Å². The summed E-state index contributed by atoms with van der Waals surface area (Å²) in [5.74, 6) is 0.0394. The molecule has 192 valence electrons. The van der Waals surface area contributed by atoms with E-state index < -0.39 is 12.5 Å². The van der Waals surface area contributed by atoms with Crippen LogP contribution in [0.25, 0.3) is 0 Å². The number of likely N-dealkylation sites (tertiary alicyclic amines) is 1. The van der Waals surface area contributed by atoms with Gasteiger partial charge >= 0.3 is 6.09 Å². The van der Waals surface area contributed by atoms with Crippen molar-refractivity contribution in [1.82, 2.24) is 15.1 Å². The number of hydrogen-bond acceptors (Lipinski definition) is 8. The third-order valence-electron chi connectivity index (χ3n) is 7.41. The minimum absolute atomic E-state index is 0.0350. The Hall–Kier alpha value is -3.76. The number of methoxy groups -OCH3 is 1. The smallest absolute Gasteiger partial charge is 0.410 e. The van der Waals surface area contributed by atoms with Gasteiger partial charge in [0.05, 0.1) is 12.7 Å². The zero-order valence-electron chi connectivity index (χ0n) is 20.1. The molecule has 3 aliphatic rings. The number of rotatable bonds is 8. The lowest BCUT2D eigenvalue weighted by Crippen LogP contribution is -2.39. The molecule has 1 aromatic carbocycles. The number of hydrogen-bond donors (Lipinski definition) is 3. The number of anilines is 1. The highest BCUT2D eigenvalue weighted by Crippen LogP contribution is 2.50. The van der Waals surface area contributed by atoms with E-state index in [0.29, 0.717) is 24.3 Å². The summed E-state index contributed by atoms with van der Waals surface area (Å²) >= 11 is 0. The van der Waals surface area contributed by atoms with Gasteiger partial charge in [-0.25, -0.2) is 4.79 Å². The van der Waals surface area contributed by atoms with Gasteiger partial charge in [-0.1, -0.05) is 0 Å². The molecular formula is C25H30N4O7. The van der Waals surface area contributed by atoms with E-state index in [0.717, 1.165) is 50.8 Å². The minimum Gasteiger partial charge on any atom is -0.507 e. The molecule has 1 aromatic heterocycles. The first kappa shape index (κ1) is 24.0. The van der Waals surface area contributed by atoms with Crippen LogP contribution in [0.4, 0.5) is 10.6 Å². The van der Waals surface area contributed by atoms with Crippen molar-refractivity contribution in [2.45, 2.75) is 62.5 Å². The van der Waals surface area contributed by atoms with E-state index in [1.54, 1.807) is 6.07 Å². The second-order valence-corrected chi connectivity index (χ2v) is 9.72. The molecule has 2 amide bonds. The Morgan fingerprint density at radius 1 is 1.28 bits per heavy atom. The third-order valence-corrected chi connectivity index (χ3v) is 7.41. The van der Waals surface area contributed by atoms with Crippen LogP contribution in [0.1, 0.15) is 66.9 Å². The fraction of sp³-hybridized carbons (Fsp3) is 0.520. The number of H-pyrrole nitrogens is 1. The first-order valence-corrected chi connectivity index (χ1v) is 12.2. The van der Waals surface area contributed by atoms with Crippen molar-refractivity contribution in [3.05, 3.63) is 29.5 Å². The summed E-state index contributed by atoms with van der Waals surface area (Å²) in [4.78, 5) is 38.2. The third kappa shape index (κ3) is 4.82. The number of nitrogens with one attached hydrogen (secondary N) is 2. The summed E-state index contributed by atoms with van der Waals surface area (Å²) in [5.41, 5.74) is 0.876. The average molecular weight is 499 g/mol. The van der Waals surface area contributed by atoms with E-state index >= 15 is 0 Å². The molecule has 0 unspecified atom stereocenters. The molecule has 11 heteroatoms. The standard InChI is InChI=1S/C25H30N4O7/c1-34-17-10-20(31)18(13-30)21(11-17)35-14-23(32)26-22-12-19(27-28-22)15-3-4-16(9-15)36-24(33)29-8-2-5-25(29)6-7-25/h10-13,15-16,31H,2-9,14H2,1H3,(H2,26,27,28,32)/t15-,16+/m0/s1. The molecular weight excluding hydrogens is 468 g/mol. The van der Waals surface area contributed by atoms with Gasteiger partial charge in [-0.3, -0.25) is 14.7 Å². The van der Waals surface area contributed by atoms with Gasteiger partial charge in [0.2, 0.25) is 0 Å². The molecule has 0 radical (unpaired) electrons. The van der Waals surface area contributed by atoms with Crippen LogP contribution in [0.3, 0.4) is 0 Å². The van der Waals surface area contributed by atoms with Crippen molar-refractivity contribution in [3.8, 4) is 17.2 Å². The molecule has 0 bridgehead atoms. The summed E-state index contributed by atoms with van der Waals surface area (Å²) in [6.45, 7) is 0.396. The van der Waals surface area contributed by atoms with Crippen LogP contribution >= 0.6 is 0 Å². The zero-order valence-corrected chi connectivity index (χ0v) is 20.1. The SMILES string of the molecule is COc1cc(O)c(C=O)c(OCC(=O)Nc2cc([C@H]3CC[C@@H](OC(=O)N4CCCC45CC5)C3)[nH]n2)c1. The molecule has 1 aliphatic heterocycles. The van der Waals surface area contributed by atoms with E-state index in [2.05, 4.69) is 15.5 Å². The lowest BCUT2D eigenvalue weighted by molar-refractivity contribution is -0.118. The molecule has 3 fully saturated rings. The largest absolute Gasteiger partial charge is 0.507 e. The van der Waals surface area contributed by atoms with Crippen LogP contribution in [-0.4, -0.2) is 70.4 Å². The summed E-state index contributed by atoms with van der Waals surface area (Å²) in [6, 6.07) is 4.47. The van der Waals surface area contributed by atoms with Gasteiger partial charge in [0, 0.05) is 41.9 Å². The molecule has 2 aliphatic carbocycles. The second-order valence-electron chi connectivity index (χ2n) is 9.72. The summed E-state index contributed by atoms with van der Waals surface area (Å²) < 4.78 is 16.3. The quantitative estimate of drug-likeness (QED) is 0.470. The van der Waals surface area contributed by atoms with E-state index in [1.807, 2.05) is 4.90 Å². The topological polar surface area (TPSA) is 143 Å². The number of aromatic nitrogens is 2. The molecule has 2 aromatic rings. The summed E-state index contributed by atoms with van der Waals surface area (Å²) in [5, 5.41) is 19.7. The van der Waals surface area contributed by atoms with Crippen LogP contribution < -0.4 is 14.8 Å². The normalized spacial score (nSPS) is 21.9. The number of aromatic hydroxyl groups is 1. The Bertz CT molecular complexity index is 1160. The van der Waals surface area contributed by atoms with Crippen LogP contribution in [0.5, 0.6) is 17.2 Å². The molecule has 2 heterocycles. The highest BCUT2D eigenvalue weighted by molar-refractivity contribution is 5.91. The van der Waals surface area contributed by atoms with E-state index in [9.17, 15) is 19.5 Å². The zero-order chi connectivity index (χ0) is 25.3. The number of phenolic OH excluding ortho intramolecular Hbond substituents is 1. The lowest BCUT2D eigenvalue weighted by atomic mass is 10.0. The predicted octanol–water partition coefficient (Wildman–Crippen LogP) is 3.36. The Morgan fingerprint density at radius 3 is 2.86 bits per heavy atom. The highest BCUT2D eigenvalue weighted by Gasteiger charge is 2.53. The number of phenols is 1. The Balaban J connectivity index is 1.12. The van der Waals surface area contributed by atoms with Crippen LogP contribution in [-0.2, 0) is 9.53 Å². The van der Waals surface area contributed by atoms with E-state index in [4.69, 9.17) is 14.2 Å². The molecule has 2 saturated carbocycles. The van der Waals surface area contributed by atoms with E-state index in [1.165, 1.54) is 19.2 Å². The van der Waals surface area contributed by atoms with Gasteiger partial charge in [-0.15, -0.1) is 0 Å². The van der Waals surface area contributed by atoms with Gasteiger partial charge in [-0.05, 0) is 44.9 Å². The van der Waals surface area contributed by atoms with Gasteiger partial charge in [-0.2, -0.15) is 5.10 Å². The van der Waals surface area contributed by atoms with Crippen LogP contribution in [0.2, 0.25) is 0 Å². The molecule has 1 spiro atoms. The first-order valence-electron chi connectivity index (χ1n) is 12.2. The second kappa shape index (κ2) is 9.71. The van der Waals surface area contributed by atoms with Gasteiger partial charge in [0.25, 0.3) is 5.91 Å². The monoisotopic (exact) mass is 498 g/mol. The minimum atomic E-state index is -0.481. The van der Waals surface area contributed by atoms with Crippen LogP contribution in [0.15, 0.2) is 18.2 Å². The van der Waals surface area contributed by atoms with Crippen molar-refractivity contribution in [3.63, 3.8) is 0 Å². The lowest BCUT2D eigenvalue weighted by Gasteiger charge is -2.25. The van der Waals surface area contributed by atoms with Crippen molar-refractivity contribution in [2.24, 2.45) is 0 Å². The maximum absolute atomic E-state index is 12.7. The number of aromatic amines is 1. The number of benzene rings is 1. The average Bonchev–Trinajstić information content (AvgIpc) is 3.20. The van der Waals surface area contributed by atoms with Crippen molar-refractivity contribution < 1.29 is 33.7 Å². The maximum Gasteiger partial charge on any atom is 0.410 e. The first-order chi connectivity index (χ1) is 17.4. The molecule has 11 nitrogen and oxygen atoms in total. The van der Waals surface area contributed by atoms with Gasteiger partial charge in [0.15, 0.2) is 18.7 Å². The maximum atomic E-state index is 12.7. The molecule has 1 saturated heterocycles.